The minimum Gasteiger partial charge on any atom is -0.378 e. The molecule has 46 heavy (non-hydrogen) atoms. The fourth-order valence-electron chi connectivity index (χ4n) is 10.2. The molecule has 4 saturated carbocycles. The van der Waals surface area contributed by atoms with Gasteiger partial charge in [0.05, 0.1) is 0 Å². The minimum atomic E-state index is -4.65. The van der Waals surface area contributed by atoms with Crippen LogP contribution < -0.4 is 4.18 Å². The van der Waals surface area contributed by atoms with Crippen molar-refractivity contribution in [2.45, 2.75) is 78.9 Å². The SMILES string of the molecule is O=S(=O)(O)c1c2ccccc2c(OS(=O)(=O)c2c(C3CC4CCC3C4)cc3ccccc3c2C23CCC(CC2)C3)c2ccccc12. The lowest BCUT2D eigenvalue weighted by Crippen LogP contribution is -2.27. The van der Waals surface area contributed by atoms with E-state index in [2.05, 4.69) is 18.2 Å². The summed E-state index contributed by atoms with van der Waals surface area (Å²) in [5.41, 5.74) is 1.61. The van der Waals surface area contributed by atoms with Crippen molar-refractivity contribution in [2.24, 2.45) is 17.8 Å². The Morgan fingerprint density at radius 2 is 1.28 bits per heavy atom. The third kappa shape index (κ3) is 4.22. The first kappa shape index (κ1) is 28.7. The molecular weight excluding hydrogens is 617 g/mol. The van der Waals surface area contributed by atoms with E-state index >= 15 is 8.42 Å². The molecule has 3 unspecified atom stereocenters. The molecule has 5 aromatic rings. The Morgan fingerprint density at radius 3 is 1.83 bits per heavy atom. The second-order valence-corrected chi connectivity index (χ2v) is 17.2. The standard InChI is InChI=1S/C38H36O6S2/c39-45(40,41)36-30-11-5-3-9-28(30)35(29-10-4-6-12-31(29)36)44-46(42,43)37-33(32-20-24-13-14-26(32)19-24)21-25-7-1-2-8-27(25)34(37)38-17-15-23(22-38)16-18-38/h1-12,21,23-24,26,32H,13-20,22H2,(H,39,40,41). The van der Waals surface area contributed by atoms with Gasteiger partial charge in [0.1, 0.15) is 9.79 Å². The number of benzene rings is 5. The largest absolute Gasteiger partial charge is 0.378 e. The molecule has 0 spiro atoms. The van der Waals surface area contributed by atoms with Crippen molar-refractivity contribution in [1.29, 1.82) is 0 Å². The van der Waals surface area contributed by atoms with E-state index in [4.69, 9.17) is 4.18 Å². The van der Waals surface area contributed by atoms with Crippen LogP contribution in [0.1, 0.15) is 74.8 Å². The molecule has 4 aliphatic carbocycles. The molecule has 0 radical (unpaired) electrons. The highest BCUT2D eigenvalue weighted by molar-refractivity contribution is 7.87. The zero-order chi connectivity index (χ0) is 31.4. The van der Waals surface area contributed by atoms with Crippen LogP contribution in [0.15, 0.2) is 88.7 Å². The molecule has 0 saturated heterocycles. The monoisotopic (exact) mass is 652 g/mol. The summed E-state index contributed by atoms with van der Waals surface area (Å²) in [7, 11) is -9.08. The van der Waals surface area contributed by atoms with Gasteiger partial charge in [-0.3, -0.25) is 4.55 Å². The summed E-state index contributed by atoms with van der Waals surface area (Å²) >= 11 is 0. The predicted molar refractivity (Wildman–Crippen MR) is 179 cm³/mol. The molecule has 4 aliphatic rings. The van der Waals surface area contributed by atoms with Gasteiger partial charge in [-0.15, -0.1) is 0 Å². The Morgan fingerprint density at radius 1 is 0.674 bits per heavy atom. The van der Waals surface area contributed by atoms with E-state index in [9.17, 15) is 13.0 Å². The van der Waals surface area contributed by atoms with Crippen LogP contribution in [0.25, 0.3) is 32.3 Å². The van der Waals surface area contributed by atoms with Gasteiger partial charge in [0.15, 0.2) is 5.75 Å². The van der Waals surface area contributed by atoms with E-state index in [1.807, 2.05) is 12.1 Å². The summed E-state index contributed by atoms with van der Waals surface area (Å²) in [6.45, 7) is 0. The van der Waals surface area contributed by atoms with Crippen LogP contribution in [0, 0.1) is 17.8 Å². The van der Waals surface area contributed by atoms with Crippen LogP contribution in [0.3, 0.4) is 0 Å². The molecule has 0 amide bonds. The van der Waals surface area contributed by atoms with Crippen LogP contribution in [0.5, 0.6) is 5.75 Å². The highest BCUT2D eigenvalue weighted by Gasteiger charge is 2.51. The maximum Gasteiger partial charge on any atom is 0.339 e. The van der Waals surface area contributed by atoms with E-state index in [0.29, 0.717) is 33.4 Å². The molecule has 236 valence electrons. The molecule has 0 aliphatic heterocycles. The average Bonchev–Trinajstić information content (AvgIpc) is 3.86. The van der Waals surface area contributed by atoms with Gasteiger partial charge >= 0.3 is 10.1 Å². The summed E-state index contributed by atoms with van der Waals surface area (Å²) in [6.07, 6.45) is 9.63. The lowest BCUT2D eigenvalue weighted by molar-refractivity contribution is 0.396. The molecule has 5 aromatic carbocycles. The van der Waals surface area contributed by atoms with E-state index in [0.717, 1.165) is 73.3 Å². The molecule has 9 rings (SSSR count). The quantitative estimate of drug-likeness (QED) is 0.112. The van der Waals surface area contributed by atoms with Crippen molar-refractivity contribution in [3.8, 4) is 5.75 Å². The fraction of sp³-hybridized carbons (Fsp3) is 0.368. The number of fused-ring (bicyclic) bond motifs is 7. The van der Waals surface area contributed by atoms with Crippen LogP contribution in [-0.4, -0.2) is 21.4 Å². The van der Waals surface area contributed by atoms with Gasteiger partial charge in [-0.25, -0.2) is 0 Å². The molecule has 4 bridgehead atoms. The van der Waals surface area contributed by atoms with Gasteiger partial charge in [-0.05, 0) is 108 Å². The second-order valence-electron chi connectivity index (χ2n) is 14.4. The first-order valence-corrected chi connectivity index (χ1v) is 19.4. The molecule has 4 fully saturated rings. The smallest absolute Gasteiger partial charge is 0.339 e. The van der Waals surface area contributed by atoms with Crippen LogP contribution in [0.4, 0.5) is 0 Å². The van der Waals surface area contributed by atoms with Crippen molar-refractivity contribution >= 4 is 52.6 Å². The third-order valence-electron chi connectivity index (χ3n) is 12.0. The Kier molecular flexibility index (Phi) is 6.26. The van der Waals surface area contributed by atoms with Crippen molar-refractivity contribution in [3.05, 3.63) is 90.0 Å². The van der Waals surface area contributed by atoms with Crippen LogP contribution in [0.2, 0.25) is 0 Å². The van der Waals surface area contributed by atoms with Gasteiger partial charge in [-0.1, -0.05) is 79.2 Å². The number of rotatable bonds is 6. The predicted octanol–water partition coefficient (Wildman–Crippen LogP) is 8.90. The maximum atomic E-state index is 15.3. The van der Waals surface area contributed by atoms with Crippen molar-refractivity contribution < 1.29 is 25.6 Å². The molecule has 0 heterocycles. The van der Waals surface area contributed by atoms with E-state index < -0.39 is 20.2 Å². The summed E-state index contributed by atoms with van der Waals surface area (Å²) < 4.78 is 72.7. The topological polar surface area (TPSA) is 97.7 Å². The van der Waals surface area contributed by atoms with Crippen molar-refractivity contribution in [2.75, 3.05) is 0 Å². The molecule has 8 heteroatoms. The van der Waals surface area contributed by atoms with Gasteiger partial charge in [0.25, 0.3) is 10.1 Å². The van der Waals surface area contributed by atoms with Gasteiger partial charge < -0.3 is 4.18 Å². The first-order valence-electron chi connectivity index (χ1n) is 16.5. The molecular formula is C38H36O6S2. The Labute approximate surface area is 269 Å². The Hall–Kier alpha value is -3.46. The van der Waals surface area contributed by atoms with E-state index in [1.165, 1.54) is 6.42 Å². The Balaban J connectivity index is 1.34. The lowest BCUT2D eigenvalue weighted by atomic mass is 9.73. The zero-order valence-electron chi connectivity index (χ0n) is 25.5. The minimum absolute atomic E-state index is 0.0878. The van der Waals surface area contributed by atoms with E-state index in [1.54, 1.807) is 48.5 Å². The van der Waals surface area contributed by atoms with Gasteiger partial charge in [0.2, 0.25) is 0 Å². The number of hydrogen-bond donors (Lipinski definition) is 1. The van der Waals surface area contributed by atoms with Gasteiger partial charge in [-0.2, -0.15) is 16.8 Å². The molecule has 6 nitrogen and oxygen atoms in total. The first-order chi connectivity index (χ1) is 22.1. The maximum absolute atomic E-state index is 15.3. The van der Waals surface area contributed by atoms with Crippen molar-refractivity contribution in [1.82, 2.24) is 0 Å². The van der Waals surface area contributed by atoms with Crippen molar-refractivity contribution in [3.63, 3.8) is 0 Å². The summed E-state index contributed by atoms with van der Waals surface area (Å²) in [5, 5.41) is 3.16. The number of hydrogen-bond acceptors (Lipinski definition) is 5. The molecule has 1 N–H and O–H groups in total. The second kappa shape index (κ2) is 10.0. The normalized spacial score (nSPS) is 27.3. The molecule has 0 aromatic heterocycles. The third-order valence-corrected chi connectivity index (χ3v) is 14.3. The summed E-state index contributed by atoms with van der Waals surface area (Å²) in [6, 6.07) is 23.7. The molecule has 3 atom stereocenters. The fourth-order valence-corrected chi connectivity index (χ4v) is 12.6. The highest BCUT2D eigenvalue weighted by Crippen LogP contribution is 2.61. The van der Waals surface area contributed by atoms with Crippen LogP contribution >= 0.6 is 0 Å². The highest BCUT2D eigenvalue weighted by atomic mass is 32.2. The summed E-state index contributed by atoms with van der Waals surface area (Å²) in [4.78, 5) is 0.0951. The van der Waals surface area contributed by atoms with E-state index in [-0.39, 0.29) is 32.8 Å². The summed E-state index contributed by atoms with van der Waals surface area (Å²) in [5.74, 6) is 1.94. The van der Waals surface area contributed by atoms with Crippen LogP contribution in [-0.2, 0) is 25.7 Å². The lowest BCUT2D eigenvalue weighted by Gasteiger charge is -2.34. The average molecular weight is 653 g/mol. The Bertz CT molecular complexity index is 2240. The zero-order valence-corrected chi connectivity index (χ0v) is 27.1. The van der Waals surface area contributed by atoms with Gasteiger partial charge in [0, 0.05) is 21.5 Å².